The lowest BCUT2D eigenvalue weighted by Crippen LogP contribution is -2.42. The quantitative estimate of drug-likeness (QED) is 0.545. The molecule has 1 aliphatic heterocycles. The summed E-state index contributed by atoms with van der Waals surface area (Å²) in [4.78, 5) is 0. The van der Waals surface area contributed by atoms with Crippen molar-refractivity contribution >= 4 is 0 Å². The van der Waals surface area contributed by atoms with Gasteiger partial charge in [0.1, 0.15) is 0 Å². The first kappa shape index (κ1) is 7.09. The van der Waals surface area contributed by atoms with Crippen LogP contribution in [-0.2, 0) is 0 Å². The highest BCUT2D eigenvalue weighted by molar-refractivity contribution is 5.25. The highest BCUT2D eigenvalue weighted by Gasteiger charge is 2.20. The molecule has 0 radical (unpaired) electrons. The van der Waals surface area contributed by atoms with E-state index in [1.165, 1.54) is 0 Å². The highest BCUT2D eigenvalue weighted by Crippen LogP contribution is 2.10. The van der Waals surface area contributed by atoms with Crippen LogP contribution in [0.25, 0.3) is 0 Å². The van der Waals surface area contributed by atoms with Crippen LogP contribution in [0.1, 0.15) is 0 Å². The zero-order valence-corrected chi connectivity index (χ0v) is 5.75. The lowest BCUT2D eigenvalue weighted by molar-refractivity contribution is 0.237. The van der Waals surface area contributed by atoms with Crippen LogP contribution >= 0.6 is 0 Å². The molecule has 0 aromatic rings. The lowest BCUT2D eigenvalue weighted by atomic mass is 9.99. The van der Waals surface area contributed by atoms with Crippen LogP contribution < -0.4 is 5.32 Å². The maximum Gasteiger partial charge on any atom is 0.0969 e. The monoisotopic (exact) mass is 137 g/mol. The van der Waals surface area contributed by atoms with Crippen molar-refractivity contribution in [3.05, 3.63) is 37.1 Å². The maximum absolute atomic E-state index is 8.92. The molecule has 0 spiro atoms. The molecule has 54 valence electrons. The number of nitrogens with one attached hydrogen (secondary N) is 1. The molecular formula is C8H11NO. The molecule has 0 aromatic heterocycles. The fourth-order valence-electron chi connectivity index (χ4n) is 0.824. The summed E-state index contributed by atoms with van der Waals surface area (Å²) in [7, 11) is 0. The first-order valence-electron chi connectivity index (χ1n) is 3.19. The molecule has 2 nitrogen and oxygen atoms in total. The van der Waals surface area contributed by atoms with Crippen molar-refractivity contribution in [3.8, 4) is 0 Å². The van der Waals surface area contributed by atoms with E-state index >= 15 is 0 Å². The summed E-state index contributed by atoms with van der Waals surface area (Å²) in [5.41, 5.74) is -0.436. The molecule has 10 heavy (non-hydrogen) atoms. The molecule has 2 N–H and O–H groups in total. The Morgan fingerprint density at radius 3 is 2.70 bits per heavy atom. The van der Waals surface area contributed by atoms with Crippen LogP contribution in [-0.4, -0.2) is 17.3 Å². The van der Waals surface area contributed by atoms with Crippen LogP contribution in [0, 0.1) is 0 Å². The fraction of sp³-hybridized carbons (Fsp3) is 0.250. The normalized spacial score (nSPS) is 29.7. The van der Waals surface area contributed by atoms with E-state index in [-0.39, 0.29) is 6.61 Å². The molecule has 0 fully saturated rings. The molecule has 1 rings (SSSR count). The minimum Gasteiger partial charge on any atom is -0.393 e. The standard InChI is InChI=1S/C8H11NO/c1-2-8(7-10)5-3-4-6-9-8/h2-6,9-10H,1,7H2. The Balaban J connectivity index is 2.75. The zero-order chi connectivity index (χ0) is 7.45. The minimum absolute atomic E-state index is 0.0390. The van der Waals surface area contributed by atoms with Gasteiger partial charge in [0.2, 0.25) is 0 Å². The van der Waals surface area contributed by atoms with E-state index in [9.17, 15) is 0 Å². The summed E-state index contributed by atoms with van der Waals surface area (Å²) in [6.07, 6.45) is 9.11. The van der Waals surface area contributed by atoms with Gasteiger partial charge in [0.05, 0.1) is 12.1 Å². The van der Waals surface area contributed by atoms with Crippen molar-refractivity contribution < 1.29 is 5.11 Å². The van der Waals surface area contributed by atoms with E-state index < -0.39 is 5.54 Å². The van der Waals surface area contributed by atoms with E-state index in [0.29, 0.717) is 0 Å². The maximum atomic E-state index is 8.92. The fourth-order valence-corrected chi connectivity index (χ4v) is 0.824. The van der Waals surface area contributed by atoms with Gasteiger partial charge in [-0.15, -0.1) is 6.58 Å². The van der Waals surface area contributed by atoms with Crippen LogP contribution in [0.4, 0.5) is 0 Å². The van der Waals surface area contributed by atoms with Gasteiger partial charge in [-0.2, -0.15) is 0 Å². The SMILES string of the molecule is C=CC1(CO)C=CC=CN1. The Kier molecular flexibility index (Phi) is 1.92. The number of aliphatic hydroxyl groups excluding tert-OH is 1. The summed E-state index contributed by atoms with van der Waals surface area (Å²) >= 11 is 0. The van der Waals surface area contributed by atoms with E-state index in [4.69, 9.17) is 5.11 Å². The Labute approximate surface area is 60.6 Å². The van der Waals surface area contributed by atoms with Crippen molar-refractivity contribution in [2.45, 2.75) is 5.54 Å². The predicted molar refractivity (Wildman–Crippen MR) is 41.4 cm³/mol. The number of allylic oxidation sites excluding steroid dienone is 2. The number of rotatable bonds is 2. The topological polar surface area (TPSA) is 32.3 Å². The van der Waals surface area contributed by atoms with Gasteiger partial charge >= 0.3 is 0 Å². The summed E-state index contributed by atoms with van der Waals surface area (Å²) in [6.45, 7) is 3.66. The van der Waals surface area contributed by atoms with Gasteiger partial charge in [-0.05, 0) is 12.3 Å². The smallest absolute Gasteiger partial charge is 0.0969 e. The molecular weight excluding hydrogens is 126 g/mol. The minimum atomic E-state index is -0.436. The molecule has 0 saturated carbocycles. The van der Waals surface area contributed by atoms with E-state index in [2.05, 4.69) is 11.9 Å². The molecule has 0 aliphatic carbocycles. The van der Waals surface area contributed by atoms with Gasteiger partial charge in [0.15, 0.2) is 0 Å². The van der Waals surface area contributed by atoms with Crippen molar-refractivity contribution in [1.29, 1.82) is 0 Å². The first-order chi connectivity index (χ1) is 4.83. The second-order valence-corrected chi connectivity index (χ2v) is 2.27. The van der Waals surface area contributed by atoms with Crippen LogP contribution in [0.5, 0.6) is 0 Å². The molecule has 0 bridgehead atoms. The van der Waals surface area contributed by atoms with Crippen molar-refractivity contribution in [2.24, 2.45) is 0 Å². The third-order valence-electron chi connectivity index (χ3n) is 1.58. The molecule has 0 aromatic carbocycles. The predicted octanol–water partition coefficient (Wildman–Crippen LogP) is 0.577. The summed E-state index contributed by atoms with van der Waals surface area (Å²) in [6, 6.07) is 0. The molecule has 0 amide bonds. The Morgan fingerprint density at radius 1 is 1.60 bits per heavy atom. The molecule has 0 saturated heterocycles. The average molecular weight is 137 g/mol. The van der Waals surface area contributed by atoms with Crippen molar-refractivity contribution in [1.82, 2.24) is 5.32 Å². The lowest BCUT2D eigenvalue weighted by Gasteiger charge is -2.26. The van der Waals surface area contributed by atoms with Crippen LogP contribution in [0.15, 0.2) is 37.1 Å². The van der Waals surface area contributed by atoms with Gasteiger partial charge in [-0.25, -0.2) is 0 Å². The van der Waals surface area contributed by atoms with Crippen molar-refractivity contribution in [3.63, 3.8) is 0 Å². The Hall–Kier alpha value is -1.02. The highest BCUT2D eigenvalue weighted by atomic mass is 16.3. The Bertz CT molecular complexity index is 184. The third-order valence-corrected chi connectivity index (χ3v) is 1.58. The average Bonchev–Trinajstić information content (AvgIpc) is 2.06. The van der Waals surface area contributed by atoms with Gasteiger partial charge in [0, 0.05) is 0 Å². The van der Waals surface area contributed by atoms with Crippen molar-refractivity contribution in [2.75, 3.05) is 6.61 Å². The Morgan fingerprint density at radius 2 is 2.40 bits per heavy atom. The van der Waals surface area contributed by atoms with Gasteiger partial charge < -0.3 is 10.4 Å². The second-order valence-electron chi connectivity index (χ2n) is 2.27. The number of aliphatic hydroxyl groups is 1. The largest absolute Gasteiger partial charge is 0.393 e. The van der Waals surface area contributed by atoms with Crippen LogP contribution in [0.2, 0.25) is 0 Å². The van der Waals surface area contributed by atoms with Gasteiger partial charge in [-0.1, -0.05) is 18.2 Å². The number of hydrogen-bond acceptors (Lipinski definition) is 2. The molecule has 1 atom stereocenters. The first-order valence-corrected chi connectivity index (χ1v) is 3.19. The molecule has 1 heterocycles. The van der Waals surface area contributed by atoms with E-state index in [1.807, 2.05) is 18.2 Å². The summed E-state index contributed by atoms with van der Waals surface area (Å²) < 4.78 is 0. The summed E-state index contributed by atoms with van der Waals surface area (Å²) in [5.74, 6) is 0. The molecule has 1 unspecified atom stereocenters. The number of hydrogen-bond donors (Lipinski definition) is 2. The number of dihydropyridines is 1. The molecule has 2 heteroatoms. The third kappa shape index (κ3) is 1.11. The van der Waals surface area contributed by atoms with Gasteiger partial charge in [-0.3, -0.25) is 0 Å². The second kappa shape index (κ2) is 2.71. The van der Waals surface area contributed by atoms with E-state index in [1.54, 1.807) is 12.3 Å². The molecule has 1 aliphatic rings. The summed E-state index contributed by atoms with van der Waals surface area (Å²) in [5, 5.41) is 11.9. The van der Waals surface area contributed by atoms with Crippen LogP contribution in [0.3, 0.4) is 0 Å². The van der Waals surface area contributed by atoms with Gasteiger partial charge in [0.25, 0.3) is 0 Å². The zero-order valence-electron chi connectivity index (χ0n) is 5.75. The van der Waals surface area contributed by atoms with E-state index in [0.717, 1.165) is 0 Å².